The summed E-state index contributed by atoms with van der Waals surface area (Å²) in [6.45, 7) is 6.66. The van der Waals surface area contributed by atoms with Crippen molar-refractivity contribution in [1.82, 2.24) is 4.90 Å². The molecule has 2 rings (SSSR count). The molecule has 0 bridgehead atoms. The van der Waals surface area contributed by atoms with Gasteiger partial charge in [0, 0.05) is 13.1 Å². The molecule has 4 heteroatoms. The lowest BCUT2D eigenvalue weighted by Gasteiger charge is -2.29. The molecule has 0 saturated carbocycles. The molecule has 1 atom stereocenters. The summed E-state index contributed by atoms with van der Waals surface area (Å²) >= 11 is 0. The lowest BCUT2D eigenvalue weighted by atomic mass is 9.83. The van der Waals surface area contributed by atoms with Crippen LogP contribution in [0.1, 0.15) is 31.4 Å². The monoisotopic (exact) mass is 275 g/mol. The highest BCUT2D eigenvalue weighted by Gasteiger charge is 2.38. The summed E-state index contributed by atoms with van der Waals surface area (Å²) in [5.41, 5.74) is 1.50. The van der Waals surface area contributed by atoms with Crippen molar-refractivity contribution >= 4 is 11.9 Å². The van der Waals surface area contributed by atoms with E-state index in [0.717, 1.165) is 11.1 Å². The Balaban J connectivity index is 2.15. The molecule has 20 heavy (non-hydrogen) atoms. The molecule has 0 aliphatic carbocycles. The van der Waals surface area contributed by atoms with E-state index < -0.39 is 17.3 Å². The van der Waals surface area contributed by atoms with E-state index in [2.05, 4.69) is 0 Å². The molecular formula is C16H21NO3. The summed E-state index contributed by atoms with van der Waals surface area (Å²) in [5, 5.41) is 9.03. The minimum absolute atomic E-state index is 0.00473. The van der Waals surface area contributed by atoms with Gasteiger partial charge in [-0.2, -0.15) is 0 Å². The van der Waals surface area contributed by atoms with Crippen molar-refractivity contribution in [2.45, 2.75) is 32.6 Å². The van der Waals surface area contributed by atoms with E-state index in [1.165, 1.54) is 0 Å². The SMILES string of the molecule is Cc1ccc(C(C)(C)C(=O)N2CC[C@@H](C(=O)O)C2)cc1. The molecule has 0 unspecified atom stereocenters. The predicted octanol–water partition coefficient (Wildman–Crippen LogP) is 2.21. The molecule has 1 amide bonds. The van der Waals surface area contributed by atoms with Gasteiger partial charge in [-0.05, 0) is 32.8 Å². The second-order valence-electron chi connectivity index (χ2n) is 6.07. The van der Waals surface area contributed by atoms with E-state index in [4.69, 9.17) is 5.11 Å². The number of likely N-dealkylation sites (tertiary alicyclic amines) is 1. The number of carboxylic acid groups (broad SMARTS) is 1. The van der Waals surface area contributed by atoms with E-state index in [-0.39, 0.29) is 5.91 Å². The summed E-state index contributed by atoms with van der Waals surface area (Å²) in [6, 6.07) is 7.93. The molecule has 0 radical (unpaired) electrons. The molecule has 1 fully saturated rings. The fourth-order valence-electron chi connectivity index (χ4n) is 2.64. The number of carbonyl (C=O) groups excluding carboxylic acids is 1. The molecule has 1 aromatic rings. The van der Waals surface area contributed by atoms with Crippen LogP contribution in [0.5, 0.6) is 0 Å². The predicted molar refractivity (Wildman–Crippen MR) is 76.5 cm³/mol. The smallest absolute Gasteiger partial charge is 0.308 e. The Morgan fingerprint density at radius 2 is 1.85 bits per heavy atom. The quantitative estimate of drug-likeness (QED) is 0.920. The van der Waals surface area contributed by atoms with Gasteiger partial charge in [0.1, 0.15) is 0 Å². The highest BCUT2D eigenvalue weighted by Crippen LogP contribution is 2.29. The summed E-state index contributed by atoms with van der Waals surface area (Å²) in [7, 11) is 0. The highest BCUT2D eigenvalue weighted by atomic mass is 16.4. The third kappa shape index (κ3) is 2.69. The number of amides is 1. The van der Waals surface area contributed by atoms with Gasteiger partial charge in [0.15, 0.2) is 0 Å². The first kappa shape index (κ1) is 14.6. The zero-order valence-electron chi connectivity index (χ0n) is 12.2. The Hall–Kier alpha value is -1.84. The summed E-state index contributed by atoms with van der Waals surface area (Å²) in [6.07, 6.45) is 0.547. The number of rotatable bonds is 3. The summed E-state index contributed by atoms with van der Waals surface area (Å²) in [4.78, 5) is 25.3. The molecule has 1 heterocycles. The van der Waals surface area contributed by atoms with Crippen LogP contribution in [-0.2, 0) is 15.0 Å². The van der Waals surface area contributed by atoms with Crippen LogP contribution in [0.2, 0.25) is 0 Å². The lowest BCUT2D eigenvalue weighted by Crippen LogP contribution is -2.42. The highest BCUT2D eigenvalue weighted by molar-refractivity contribution is 5.88. The molecule has 0 aromatic heterocycles. The van der Waals surface area contributed by atoms with Crippen molar-refractivity contribution in [1.29, 1.82) is 0 Å². The third-order valence-electron chi connectivity index (χ3n) is 4.13. The average molecular weight is 275 g/mol. The number of carboxylic acids is 1. The molecule has 0 spiro atoms. The Morgan fingerprint density at radius 3 is 2.35 bits per heavy atom. The van der Waals surface area contributed by atoms with Crippen molar-refractivity contribution in [3.05, 3.63) is 35.4 Å². The van der Waals surface area contributed by atoms with Gasteiger partial charge in [-0.1, -0.05) is 29.8 Å². The number of nitrogens with zero attached hydrogens (tertiary/aromatic N) is 1. The van der Waals surface area contributed by atoms with E-state index in [0.29, 0.717) is 19.5 Å². The topological polar surface area (TPSA) is 57.6 Å². The Labute approximate surface area is 119 Å². The molecular weight excluding hydrogens is 254 g/mol. The minimum atomic E-state index is -0.812. The summed E-state index contributed by atoms with van der Waals surface area (Å²) < 4.78 is 0. The first-order chi connectivity index (χ1) is 9.32. The van der Waals surface area contributed by atoms with Gasteiger partial charge < -0.3 is 10.0 Å². The molecule has 1 aliphatic rings. The van der Waals surface area contributed by atoms with Gasteiger partial charge in [0.2, 0.25) is 5.91 Å². The second-order valence-corrected chi connectivity index (χ2v) is 6.07. The number of benzene rings is 1. The normalized spacial score (nSPS) is 19.1. The van der Waals surface area contributed by atoms with Crippen molar-refractivity contribution in [2.75, 3.05) is 13.1 Å². The fourth-order valence-corrected chi connectivity index (χ4v) is 2.64. The Bertz CT molecular complexity index is 519. The van der Waals surface area contributed by atoms with Crippen LogP contribution >= 0.6 is 0 Å². The van der Waals surface area contributed by atoms with E-state index in [1.807, 2.05) is 45.0 Å². The van der Waals surface area contributed by atoms with Crippen LogP contribution < -0.4 is 0 Å². The van der Waals surface area contributed by atoms with Gasteiger partial charge in [-0.15, -0.1) is 0 Å². The standard InChI is InChI=1S/C16H21NO3/c1-11-4-6-13(7-5-11)16(2,3)15(20)17-9-8-12(10-17)14(18)19/h4-7,12H,8-10H2,1-3H3,(H,18,19)/t12-/m1/s1. The van der Waals surface area contributed by atoms with Crippen LogP contribution in [0, 0.1) is 12.8 Å². The van der Waals surface area contributed by atoms with Gasteiger partial charge in [0.05, 0.1) is 11.3 Å². The molecule has 1 N–H and O–H groups in total. The van der Waals surface area contributed by atoms with Crippen LogP contribution in [0.25, 0.3) is 0 Å². The Kier molecular flexibility index (Phi) is 3.84. The zero-order chi connectivity index (χ0) is 14.9. The van der Waals surface area contributed by atoms with Crippen molar-refractivity contribution in [3.8, 4) is 0 Å². The van der Waals surface area contributed by atoms with Crippen LogP contribution in [-0.4, -0.2) is 35.0 Å². The van der Waals surface area contributed by atoms with E-state index in [9.17, 15) is 9.59 Å². The number of hydrogen-bond donors (Lipinski definition) is 1. The number of carbonyl (C=O) groups is 2. The average Bonchev–Trinajstić information content (AvgIpc) is 2.88. The first-order valence-electron chi connectivity index (χ1n) is 6.91. The zero-order valence-corrected chi connectivity index (χ0v) is 12.2. The molecule has 1 saturated heterocycles. The van der Waals surface area contributed by atoms with Gasteiger partial charge in [-0.3, -0.25) is 9.59 Å². The summed E-state index contributed by atoms with van der Waals surface area (Å²) in [5.74, 6) is -1.23. The molecule has 1 aromatic carbocycles. The number of hydrogen-bond acceptors (Lipinski definition) is 2. The molecule has 1 aliphatic heterocycles. The first-order valence-corrected chi connectivity index (χ1v) is 6.91. The molecule has 108 valence electrons. The minimum Gasteiger partial charge on any atom is -0.481 e. The second kappa shape index (κ2) is 5.27. The molecule has 4 nitrogen and oxygen atoms in total. The van der Waals surface area contributed by atoms with E-state index >= 15 is 0 Å². The van der Waals surface area contributed by atoms with Gasteiger partial charge >= 0.3 is 5.97 Å². The van der Waals surface area contributed by atoms with Gasteiger partial charge in [0.25, 0.3) is 0 Å². The van der Waals surface area contributed by atoms with E-state index in [1.54, 1.807) is 4.90 Å². The van der Waals surface area contributed by atoms with Crippen LogP contribution in [0.15, 0.2) is 24.3 Å². The number of aryl methyl sites for hydroxylation is 1. The third-order valence-corrected chi connectivity index (χ3v) is 4.13. The Morgan fingerprint density at radius 1 is 1.25 bits per heavy atom. The van der Waals surface area contributed by atoms with Gasteiger partial charge in [-0.25, -0.2) is 0 Å². The fraction of sp³-hybridized carbons (Fsp3) is 0.500. The van der Waals surface area contributed by atoms with Crippen molar-refractivity contribution in [2.24, 2.45) is 5.92 Å². The largest absolute Gasteiger partial charge is 0.481 e. The lowest BCUT2D eigenvalue weighted by molar-refractivity contribution is -0.141. The van der Waals surface area contributed by atoms with Crippen molar-refractivity contribution < 1.29 is 14.7 Å². The maximum Gasteiger partial charge on any atom is 0.308 e. The van der Waals surface area contributed by atoms with Crippen LogP contribution in [0.3, 0.4) is 0 Å². The maximum absolute atomic E-state index is 12.7. The maximum atomic E-state index is 12.7. The van der Waals surface area contributed by atoms with Crippen molar-refractivity contribution in [3.63, 3.8) is 0 Å². The number of aliphatic carboxylic acids is 1. The van der Waals surface area contributed by atoms with Crippen LogP contribution in [0.4, 0.5) is 0 Å².